The number of hydrogen-bond donors (Lipinski definition) is 1. The molecule has 0 radical (unpaired) electrons. The summed E-state index contributed by atoms with van der Waals surface area (Å²) in [5.41, 5.74) is 2.85. The molecule has 1 aliphatic carbocycles. The van der Waals surface area contributed by atoms with Gasteiger partial charge in [0.15, 0.2) is 5.69 Å². The fraction of sp³-hybridized carbons (Fsp3) is 0.292. The van der Waals surface area contributed by atoms with E-state index in [9.17, 15) is 9.59 Å². The summed E-state index contributed by atoms with van der Waals surface area (Å²) in [6, 6.07) is 16.9. The molecular formula is C24H23N3O4. The lowest BCUT2D eigenvalue weighted by Crippen LogP contribution is -2.28. The van der Waals surface area contributed by atoms with Crippen LogP contribution in [0.4, 0.5) is 10.5 Å². The number of ether oxygens (including phenoxy) is 1. The number of amides is 2. The molecular weight excluding hydrogens is 394 g/mol. The molecule has 158 valence electrons. The van der Waals surface area contributed by atoms with E-state index < -0.39 is 0 Å². The highest BCUT2D eigenvalue weighted by Crippen LogP contribution is 2.43. The van der Waals surface area contributed by atoms with Crippen LogP contribution in [0.2, 0.25) is 0 Å². The third kappa shape index (κ3) is 3.91. The minimum absolute atomic E-state index is 0.255. The SMILES string of the molecule is CC(NC(=O)c1nc(-c2ccccc2)oc1C1CC1)c1cccc(N2CCOC2=O)c1. The topological polar surface area (TPSA) is 84.7 Å². The van der Waals surface area contributed by atoms with Gasteiger partial charge < -0.3 is 14.5 Å². The van der Waals surface area contributed by atoms with Crippen molar-refractivity contribution in [2.75, 3.05) is 18.1 Å². The quantitative estimate of drug-likeness (QED) is 0.630. The molecule has 5 rings (SSSR count). The molecule has 1 unspecified atom stereocenters. The Labute approximate surface area is 180 Å². The molecule has 1 saturated heterocycles. The van der Waals surface area contributed by atoms with Crippen molar-refractivity contribution < 1.29 is 18.7 Å². The van der Waals surface area contributed by atoms with E-state index >= 15 is 0 Å². The van der Waals surface area contributed by atoms with E-state index in [1.807, 2.05) is 61.5 Å². The fourth-order valence-corrected chi connectivity index (χ4v) is 3.76. The number of rotatable bonds is 6. The molecule has 31 heavy (non-hydrogen) atoms. The van der Waals surface area contributed by atoms with Crippen molar-refractivity contribution in [1.29, 1.82) is 0 Å². The molecule has 7 heteroatoms. The number of carbonyl (C=O) groups is 2. The molecule has 1 aliphatic heterocycles. The van der Waals surface area contributed by atoms with Gasteiger partial charge in [-0.15, -0.1) is 0 Å². The molecule has 2 heterocycles. The number of nitrogens with zero attached hydrogens (tertiary/aromatic N) is 2. The van der Waals surface area contributed by atoms with E-state index in [0.717, 1.165) is 29.7 Å². The minimum Gasteiger partial charge on any atom is -0.447 e. The first kappa shape index (κ1) is 19.4. The normalized spacial score (nSPS) is 16.8. The highest BCUT2D eigenvalue weighted by atomic mass is 16.6. The van der Waals surface area contributed by atoms with Gasteiger partial charge in [0, 0.05) is 17.2 Å². The Morgan fingerprint density at radius 2 is 1.97 bits per heavy atom. The molecule has 3 aromatic rings. The average molecular weight is 417 g/mol. The zero-order valence-electron chi connectivity index (χ0n) is 17.2. The van der Waals surface area contributed by atoms with Gasteiger partial charge in [-0.2, -0.15) is 0 Å². The molecule has 2 fully saturated rings. The summed E-state index contributed by atoms with van der Waals surface area (Å²) < 4.78 is 11.0. The third-order valence-electron chi connectivity index (χ3n) is 5.63. The Kier molecular flexibility index (Phi) is 4.94. The number of aromatic nitrogens is 1. The standard InChI is InChI=1S/C24H23N3O4/c1-15(18-8-5-9-19(14-18)27-12-13-30-24(27)29)25-22(28)20-21(16-10-11-16)31-23(26-20)17-6-3-2-4-7-17/h2-9,14-16H,10-13H2,1H3,(H,25,28). The van der Waals surface area contributed by atoms with E-state index in [1.54, 1.807) is 4.90 Å². The van der Waals surface area contributed by atoms with E-state index in [0.29, 0.717) is 30.5 Å². The van der Waals surface area contributed by atoms with Crippen LogP contribution in [-0.4, -0.2) is 30.1 Å². The first-order valence-electron chi connectivity index (χ1n) is 10.5. The smallest absolute Gasteiger partial charge is 0.414 e. The number of oxazole rings is 1. The van der Waals surface area contributed by atoms with Gasteiger partial charge in [-0.1, -0.05) is 30.3 Å². The second kappa shape index (κ2) is 7.91. The van der Waals surface area contributed by atoms with Crippen molar-refractivity contribution in [1.82, 2.24) is 10.3 Å². The number of carbonyl (C=O) groups excluding carboxylic acids is 2. The summed E-state index contributed by atoms with van der Waals surface area (Å²) in [5, 5.41) is 3.03. The highest BCUT2D eigenvalue weighted by Gasteiger charge is 2.34. The van der Waals surface area contributed by atoms with Crippen LogP contribution in [0.1, 0.15) is 53.5 Å². The second-order valence-corrected chi connectivity index (χ2v) is 7.93. The van der Waals surface area contributed by atoms with Gasteiger partial charge in [0.25, 0.3) is 5.91 Å². The Morgan fingerprint density at radius 3 is 2.68 bits per heavy atom. The monoisotopic (exact) mass is 417 g/mol. The van der Waals surface area contributed by atoms with Crippen LogP contribution in [-0.2, 0) is 4.74 Å². The summed E-state index contributed by atoms with van der Waals surface area (Å²) in [6.45, 7) is 2.82. The molecule has 0 spiro atoms. The number of cyclic esters (lactones) is 1. The lowest BCUT2D eigenvalue weighted by Gasteiger charge is -2.18. The number of nitrogens with one attached hydrogen (secondary N) is 1. The van der Waals surface area contributed by atoms with Crippen molar-refractivity contribution in [2.24, 2.45) is 0 Å². The lowest BCUT2D eigenvalue weighted by atomic mass is 10.1. The van der Waals surface area contributed by atoms with Crippen molar-refractivity contribution in [2.45, 2.75) is 31.7 Å². The molecule has 2 aromatic carbocycles. The fourth-order valence-electron chi connectivity index (χ4n) is 3.76. The second-order valence-electron chi connectivity index (χ2n) is 7.93. The third-order valence-corrected chi connectivity index (χ3v) is 5.63. The van der Waals surface area contributed by atoms with Crippen molar-refractivity contribution in [3.63, 3.8) is 0 Å². The maximum Gasteiger partial charge on any atom is 0.414 e. The molecule has 1 aromatic heterocycles. The minimum atomic E-state index is -0.348. The predicted octanol–water partition coefficient (Wildman–Crippen LogP) is 4.67. The first-order valence-corrected chi connectivity index (χ1v) is 10.5. The number of benzene rings is 2. The molecule has 0 bridgehead atoms. The maximum absolute atomic E-state index is 13.1. The van der Waals surface area contributed by atoms with Crippen LogP contribution < -0.4 is 10.2 Å². The molecule has 7 nitrogen and oxygen atoms in total. The van der Waals surface area contributed by atoms with E-state index in [2.05, 4.69) is 10.3 Å². The summed E-state index contributed by atoms with van der Waals surface area (Å²) in [7, 11) is 0. The first-order chi connectivity index (χ1) is 15.1. The van der Waals surface area contributed by atoms with Crippen LogP contribution in [0.25, 0.3) is 11.5 Å². The van der Waals surface area contributed by atoms with Gasteiger partial charge in [0.2, 0.25) is 5.89 Å². The van der Waals surface area contributed by atoms with Crippen LogP contribution in [0, 0.1) is 0 Å². The van der Waals surface area contributed by atoms with Crippen LogP contribution in [0.15, 0.2) is 59.0 Å². The summed E-state index contributed by atoms with van der Waals surface area (Å²) in [6.07, 6.45) is 1.67. The maximum atomic E-state index is 13.1. The van der Waals surface area contributed by atoms with E-state index in [4.69, 9.17) is 9.15 Å². The Morgan fingerprint density at radius 1 is 1.16 bits per heavy atom. The molecule has 1 N–H and O–H groups in total. The molecule has 2 aliphatic rings. The Balaban J connectivity index is 1.37. The average Bonchev–Trinajstić information content (AvgIpc) is 3.39. The Bertz CT molecular complexity index is 1120. The zero-order valence-corrected chi connectivity index (χ0v) is 17.2. The Hall–Kier alpha value is -3.61. The molecule has 1 atom stereocenters. The number of hydrogen-bond acceptors (Lipinski definition) is 5. The summed E-state index contributed by atoms with van der Waals surface area (Å²) >= 11 is 0. The van der Waals surface area contributed by atoms with Crippen LogP contribution in [0.5, 0.6) is 0 Å². The van der Waals surface area contributed by atoms with E-state index in [-0.39, 0.29) is 24.0 Å². The van der Waals surface area contributed by atoms with Crippen molar-refractivity contribution >= 4 is 17.7 Å². The lowest BCUT2D eigenvalue weighted by molar-refractivity contribution is 0.0933. The van der Waals surface area contributed by atoms with E-state index in [1.165, 1.54) is 0 Å². The van der Waals surface area contributed by atoms with Crippen LogP contribution in [0.3, 0.4) is 0 Å². The highest BCUT2D eigenvalue weighted by molar-refractivity contribution is 5.94. The van der Waals surface area contributed by atoms with Gasteiger partial charge in [-0.25, -0.2) is 9.78 Å². The van der Waals surface area contributed by atoms with Gasteiger partial charge in [-0.05, 0) is 49.6 Å². The number of anilines is 1. The predicted molar refractivity (Wildman–Crippen MR) is 115 cm³/mol. The largest absolute Gasteiger partial charge is 0.447 e. The summed E-state index contributed by atoms with van der Waals surface area (Å²) in [4.78, 5) is 31.1. The van der Waals surface area contributed by atoms with Crippen molar-refractivity contribution in [3.8, 4) is 11.5 Å². The van der Waals surface area contributed by atoms with Gasteiger partial charge >= 0.3 is 6.09 Å². The van der Waals surface area contributed by atoms with Crippen LogP contribution >= 0.6 is 0 Å². The van der Waals surface area contributed by atoms with Gasteiger partial charge in [0.1, 0.15) is 12.4 Å². The summed E-state index contributed by atoms with van der Waals surface area (Å²) in [5.74, 6) is 1.13. The molecule has 1 saturated carbocycles. The molecule has 2 amide bonds. The van der Waals surface area contributed by atoms with Crippen molar-refractivity contribution in [3.05, 3.63) is 71.6 Å². The van der Waals surface area contributed by atoms with Gasteiger partial charge in [0.05, 0.1) is 12.6 Å². The van der Waals surface area contributed by atoms with Gasteiger partial charge in [-0.3, -0.25) is 9.69 Å². The zero-order chi connectivity index (χ0) is 21.4.